The Bertz CT molecular complexity index is 772. The van der Waals surface area contributed by atoms with E-state index in [2.05, 4.69) is 16.2 Å². The third-order valence-electron chi connectivity index (χ3n) is 4.64. The van der Waals surface area contributed by atoms with Crippen LogP contribution in [0.25, 0.3) is 10.8 Å². The number of hydrazine groups is 1. The predicted octanol–water partition coefficient (Wildman–Crippen LogP) is 3.27. The second kappa shape index (κ2) is 8.56. The van der Waals surface area contributed by atoms with Crippen LogP contribution in [0.5, 0.6) is 5.75 Å². The quantitative estimate of drug-likeness (QED) is 0.737. The minimum Gasteiger partial charge on any atom is -0.481 e. The highest BCUT2D eigenvalue weighted by atomic mass is 16.5. The molecule has 3 amide bonds. The summed E-state index contributed by atoms with van der Waals surface area (Å²) in [4.78, 5) is 24.0. The van der Waals surface area contributed by atoms with E-state index in [0.717, 1.165) is 36.5 Å². The molecule has 1 fully saturated rings. The summed E-state index contributed by atoms with van der Waals surface area (Å²) in [6.45, 7) is 1.64. The van der Waals surface area contributed by atoms with E-state index in [1.54, 1.807) is 6.92 Å². The summed E-state index contributed by atoms with van der Waals surface area (Å²) in [6.07, 6.45) is 4.74. The number of carbonyl (C=O) groups excluding carboxylic acids is 2. The van der Waals surface area contributed by atoms with Crippen LogP contribution in [-0.4, -0.2) is 24.1 Å². The van der Waals surface area contributed by atoms with Gasteiger partial charge in [-0.2, -0.15) is 0 Å². The van der Waals surface area contributed by atoms with Gasteiger partial charge in [0.25, 0.3) is 5.91 Å². The molecule has 1 aliphatic rings. The number of fused-ring (bicyclic) bond motifs is 1. The van der Waals surface area contributed by atoms with Crippen LogP contribution < -0.4 is 20.9 Å². The van der Waals surface area contributed by atoms with Crippen molar-refractivity contribution in [2.24, 2.45) is 0 Å². The fraction of sp³-hybridized carbons (Fsp3) is 0.400. The summed E-state index contributed by atoms with van der Waals surface area (Å²) >= 11 is 0. The number of ether oxygens (including phenoxy) is 1. The molecular formula is C20H25N3O3. The first-order valence-corrected chi connectivity index (χ1v) is 9.13. The Balaban J connectivity index is 1.46. The average molecular weight is 355 g/mol. The molecule has 0 radical (unpaired) electrons. The molecule has 0 heterocycles. The fourth-order valence-electron chi connectivity index (χ4n) is 3.19. The summed E-state index contributed by atoms with van der Waals surface area (Å²) in [5.41, 5.74) is 4.80. The van der Waals surface area contributed by atoms with Crippen molar-refractivity contribution in [2.75, 3.05) is 0 Å². The van der Waals surface area contributed by atoms with Crippen LogP contribution in [0.1, 0.15) is 39.0 Å². The lowest BCUT2D eigenvalue weighted by molar-refractivity contribution is -0.128. The first kappa shape index (κ1) is 18.0. The molecule has 6 nitrogen and oxygen atoms in total. The number of hydrogen-bond donors (Lipinski definition) is 3. The zero-order valence-electron chi connectivity index (χ0n) is 15.0. The Morgan fingerprint density at radius 3 is 2.50 bits per heavy atom. The standard InChI is InChI=1S/C20H25N3O3/c1-14(26-18-12-11-15-7-5-6-8-16(15)13-18)19(24)22-23-20(25)21-17-9-3-2-4-10-17/h5-8,11-14,17H,2-4,9-10H2,1H3,(H,22,24)(H2,21,23,25). The number of rotatable bonds is 4. The Kier molecular flexibility index (Phi) is 5.94. The van der Waals surface area contributed by atoms with Gasteiger partial charge in [-0.3, -0.25) is 10.2 Å². The highest BCUT2D eigenvalue weighted by molar-refractivity contribution is 5.85. The fourth-order valence-corrected chi connectivity index (χ4v) is 3.19. The second-order valence-corrected chi connectivity index (χ2v) is 6.69. The van der Waals surface area contributed by atoms with Gasteiger partial charge in [0.1, 0.15) is 5.75 Å². The number of amides is 3. The van der Waals surface area contributed by atoms with E-state index in [-0.39, 0.29) is 12.1 Å². The molecule has 26 heavy (non-hydrogen) atoms. The summed E-state index contributed by atoms with van der Waals surface area (Å²) in [7, 11) is 0. The molecule has 3 rings (SSSR count). The molecule has 0 bridgehead atoms. The second-order valence-electron chi connectivity index (χ2n) is 6.69. The smallest absolute Gasteiger partial charge is 0.333 e. The van der Waals surface area contributed by atoms with Gasteiger partial charge in [0, 0.05) is 6.04 Å². The number of hydrogen-bond acceptors (Lipinski definition) is 3. The number of nitrogens with one attached hydrogen (secondary N) is 3. The van der Waals surface area contributed by atoms with E-state index in [9.17, 15) is 9.59 Å². The minimum absolute atomic E-state index is 0.187. The molecule has 0 aromatic heterocycles. The van der Waals surface area contributed by atoms with Crippen LogP contribution in [0.2, 0.25) is 0 Å². The zero-order valence-corrected chi connectivity index (χ0v) is 15.0. The summed E-state index contributed by atoms with van der Waals surface area (Å²) in [6, 6.07) is 13.4. The van der Waals surface area contributed by atoms with Crippen molar-refractivity contribution in [2.45, 2.75) is 51.2 Å². The lowest BCUT2D eigenvalue weighted by Crippen LogP contribution is -2.52. The van der Waals surface area contributed by atoms with Gasteiger partial charge in [-0.05, 0) is 42.7 Å². The van der Waals surface area contributed by atoms with E-state index in [4.69, 9.17) is 4.74 Å². The lowest BCUT2D eigenvalue weighted by atomic mass is 9.96. The molecule has 0 saturated heterocycles. The first-order valence-electron chi connectivity index (χ1n) is 9.13. The number of benzene rings is 2. The van der Waals surface area contributed by atoms with E-state index >= 15 is 0 Å². The monoisotopic (exact) mass is 355 g/mol. The third-order valence-corrected chi connectivity index (χ3v) is 4.64. The van der Waals surface area contributed by atoms with E-state index in [1.165, 1.54) is 6.42 Å². The SMILES string of the molecule is CC(Oc1ccc2ccccc2c1)C(=O)NNC(=O)NC1CCCCC1. The van der Waals surface area contributed by atoms with E-state index in [0.29, 0.717) is 5.75 Å². The molecule has 0 aliphatic heterocycles. The highest BCUT2D eigenvalue weighted by Gasteiger charge is 2.18. The van der Waals surface area contributed by atoms with Crippen LogP contribution in [0, 0.1) is 0 Å². The average Bonchev–Trinajstić information content (AvgIpc) is 2.66. The van der Waals surface area contributed by atoms with Crippen molar-refractivity contribution in [1.29, 1.82) is 0 Å². The van der Waals surface area contributed by atoms with Crippen molar-refractivity contribution >= 4 is 22.7 Å². The predicted molar refractivity (Wildman–Crippen MR) is 101 cm³/mol. The van der Waals surface area contributed by atoms with Crippen LogP contribution in [0.4, 0.5) is 4.79 Å². The van der Waals surface area contributed by atoms with Gasteiger partial charge in [-0.25, -0.2) is 10.2 Å². The normalized spacial score (nSPS) is 15.9. The Labute approximate surface area is 153 Å². The van der Waals surface area contributed by atoms with Gasteiger partial charge in [0.15, 0.2) is 6.10 Å². The summed E-state index contributed by atoms with van der Waals surface area (Å²) in [5, 5.41) is 5.03. The topological polar surface area (TPSA) is 79.5 Å². The Morgan fingerprint density at radius 1 is 1.00 bits per heavy atom. The Morgan fingerprint density at radius 2 is 1.73 bits per heavy atom. The molecule has 6 heteroatoms. The largest absolute Gasteiger partial charge is 0.481 e. The molecule has 2 aromatic rings. The lowest BCUT2D eigenvalue weighted by Gasteiger charge is -2.23. The van der Waals surface area contributed by atoms with Crippen molar-refractivity contribution in [3.63, 3.8) is 0 Å². The van der Waals surface area contributed by atoms with Crippen LogP contribution in [-0.2, 0) is 4.79 Å². The maximum atomic E-state index is 12.1. The van der Waals surface area contributed by atoms with E-state index < -0.39 is 12.0 Å². The van der Waals surface area contributed by atoms with Crippen LogP contribution >= 0.6 is 0 Å². The third kappa shape index (κ3) is 4.88. The van der Waals surface area contributed by atoms with Crippen molar-refractivity contribution in [3.8, 4) is 5.75 Å². The van der Waals surface area contributed by atoms with Gasteiger partial charge in [-0.15, -0.1) is 0 Å². The zero-order chi connectivity index (χ0) is 18.4. The summed E-state index contributed by atoms with van der Waals surface area (Å²) < 4.78 is 5.68. The van der Waals surface area contributed by atoms with Gasteiger partial charge in [0.05, 0.1) is 0 Å². The molecule has 1 saturated carbocycles. The van der Waals surface area contributed by atoms with Gasteiger partial charge in [0.2, 0.25) is 0 Å². The molecule has 3 N–H and O–H groups in total. The maximum absolute atomic E-state index is 12.1. The summed E-state index contributed by atoms with van der Waals surface area (Å²) in [5.74, 6) is 0.204. The van der Waals surface area contributed by atoms with Gasteiger partial charge >= 0.3 is 6.03 Å². The maximum Gasteiger partial charge on any atom is 0.333 e. The molecular weight excluding hydrogens is 330 g/mol. The molecule has 138 valence electrons. The highest BCUT2D eigenvalue weighted by Crippen LogP contribution is 2.21. The van der Waals surface area contributed by atoms with Gasteiger partial charge in [-0.1, -0.05) is 49.6 Å². The Hall–Kier alpha value is -2.76. The molecule has 1 atom stereocenters. The number of carbonyl (C=O) groups is 2. The van der Waals surface area contributed by atoms with Crippen molar-refractivity contribution < 1.29 is 14.3 Å². The van der Waals surface area contributed by atoms with Gasteiger partial charge < -0.3 is 10.1 Å². The minimum atomic E-state index is -0.730. The van der Waals surface area contributed by atoms with Crippen LogP contribution in [0.3, 0.4) is 0 Å². The first-order chi connectivity index (χ1) is 12.6. The molecule has 1 unspecified atom stereocenters. The van der Waals surface area contributed by atoms with Crippen LogP contribution in [0.15, 0.2) is 42.5 Å². The van der Waals surface area contributed by atoms with Crippen molar-refractivity contribution in [1.82, 2.24) is 16.2 Å². The molecule has 0 spiro atoms. The van der Waals surface area contributed by atoms with Crippen molar-refractivity contribution in [3.05, 3.63) is 42.5 Å². The number of urea groups is 1. The molecule has 2 aromatic carbocycles. The van der Waals surface area contributed by atoms with E-state index in [1.807, 2.05) is 42.5 Å². The molecule has 1 aliphatic carbocycles.